The average Bonchev–Trinajstić information content (AvgIpc) is 2.81. The maximum atomic E-state index is 12.9. The van der Waals surface area contributed by atoms with Crippen LogP contribution in [0.5, 0.6) is 11.6 Å². The molecule has 3 heterocycles. The van der Waals surface area contributed by atoms with Crippen molar-refractivity contribution in [1.29, 1.82) is 0 Å². The summed E-state index contributed by atoms with van der Waals surface area (Å²) in [6.07, 6.45) is 3.17. The summed E-state index contributed by atoms with van der Waals surface area (Å²) < 4.78 is 12.0. The lowest BCUT2D eigenvalue weighted by atomic mass is 9.95. The van der Waals surface area contributed by atoms with E-state index in [0.717, 1.165) is 17.3 Å². The number of carbonyl (C=O) groups is 2. The highest BCUT2D eigenvalue weighted by molar-refractivity contribution is 9.10. The second kappa shape index (κ2) is 9.57. The Morgan fingerprint density at radius 1 is 1.03 bits per heavy atom. The molecule has 2 aliphatic rings. The Morgan fingerprint density at radius 3 is 2.50 bits per heavy atom. The molecule has 0 saturated carbocycles. The van der Waals surface area contributed by atoms with Crippen molar-refractivity contribution in [1.82, 2.24) is 14.8 Å². The molecule has 0 aliphatic carbocycles. The zero-order valence-electron chi connectivity index (χ0n) is 16.6. The second-order valence-electron chi connectivity index (χ2n) is 7.47. The average molecular weight is 474 g/mol. The molecular weight excluding hydrogens is 450 g/mol. The smallest absolute Gasteiger partial charge is 0.255 e. The Hall–Kier alpha value is -2.45. The maximum Gasteiger partial charge on any atom is 0.255 e. The normalized spacial score (nSPS) is 19.4. The van der Waals surface area contributed by atoms with Crippen molar-refractivity contribution >= 4 is 27.7 Å². The van der Waals surface area contributed by atoms with Gasteiger partial charge in [0, 0.05) is 42.9 Å². The lowest BCUT2D eigenvalue weighted by Crippen LogP contribution is -2.49. The van der Waals surface area contributed by atoms with Crippen molar-refractivity contribution in [2.75, 3.05) is 39.4 Å². The minimum absolute atomic E-state index is 0.0998. The van der Waals surface area contributed by atoms with E-state index < -0.39 is 0 Å². The summed E-state index contributed by atoms with van der Waals surface area (Å²) in [7, 11) is 0. The van der Waals surface area contributed by atoms with Gasteiger partial charge in [0.15, 0.2) is 0 Å². The number of carbonyl (C=O) groups excluding carboxylic acids is 2. The maximum absolute atomic E-state index is 12.9. The van der Waals surface area contributed by atoms with E-state index in [9.17, 15) is 9.59 Å². The molecule has 2 amide bonds. The van der Waals surface area contributed by atoms with Gasteiger partial charge < -0.3 is 19.3 Å². The van der Waals surface area contributed by atoms with Crippen LogP contribution in [0.2, 0.25) is 0 Å². The third kappa shape index (κ3) is 4.99. The van der Waals surface area contributed by atoms with Crippen LogP contribution in [-0.4, -0.2) is 66.0 Å². The fourth-order valence-electron chi connectivity index (χ4n) is 3.78. The molecule has 1 aromatic heterocycles. The summed E-state index contributed by atoms with van der Waals surface area (Å²) in [4.78, 5) is 33.6. The molecule has 158 valence electrons. The summed E-state index contributed by atoms with van der Waals surface area (Å²) in [5.41, 5.74) is 0.498. The van der Waals surface area contributed by atoms with E-state index in [1.54, 1.807) is 17.0 Å². The standard InChI is InChI=1S/C22H24BrN3O4/c23-18-4-6-19(7-5-18)30-20-8-3-16(14-24-20)21(27)26-9-1-2-17(15-26)22(28)25-10-12-29-13-11-25/h3-8,14,17H,1-2,9-13,15H2. The monoisotopic (exact) mass is 473 g/mol. The molecule has 2 saturated heterocycles. The summed E-state index contributed by atoms with van der Waals surface area (Å²) in [6, 6.07) is 10.9. The Morgan fingerprint density at radius 2 is 1.80 bits per heavy atom. The third-order valence-corrected chi connectivity index (χ3v) is 5.93. The predicted molar refractivity (Wildman–Crippen MR) is 114 cm³/mol. The number of pyridine rings is 1. The largest absolute Gasteiger partial charge is 0.439 e. The summed E-state index contributed by atoms with van der Waals surface area (Å²) in [5, 5.41) is 0. The second-order valence-corrected chi connectivity index (χ2v) is 8.38. The molecule has 2 aromatic rings. The Bertz CT molecular complexity index is 882. The first kappa shape index (κ1) is 20.8. The van der Waals surface area contributed by atoms with Crippen molar-refractivity contribution in [2.24, 2.45) is 5.92 Å². The highest BCUT2D eigenvalue weighted by atomic mass is 79.9. The van der Waals surface area contributed by atoms with Gasteiger partial charge in [0.25, 0.3) is 5.91 Å². The van der Waals surface area contributed by atoms with Gasteiger partial charge in [-0.1, -0.05) is 15.9 Å². The van der Waals surface area contributed by atoms with E-state index >= 15 is 0 Å². The van der Waals surface area contributed by atoms with Crippen molar-refractivity contribution in [3.05, 3.63) is 52.6 Å². The van der Waals surface area contributed by atoms with Crippen molar-refractivity contribution in [3.63, 3.8) is 0 Å². The Labute approximate surface area is 184 Å². The van der Waals surface area contributed by atoms with Crippen LogP contribution in [0.25, 0.3) is 0 Å². The van der Waals surface area contributed by atoms with Crippen LogP contribution in [-0.2, 0) is 9.53 Å². The molecule has 0 N–H and O–H groups in total. The van der Waals surface area contributed by atoms with Gasteiger partial charge in [0.05, 0.1) is 24.7 Å². The number of ether oxygens (including phenoxy) is 2. The lowest BCUT2D eigenvalue weighted by molar-refractivity contribution is -0.141. The highest BCUT2D eigenvalue weighted by Crippen LogP contribution is 2.24. The quantitative estimate of drug-likeness (QED) is 0.680. The third-order valence-electron chi connectivity index (χ3n) is 5.40. The van der Waals surface area contributed by atoms with E-state index in [1.165, 1.54) is 6.20 Å². The van der Waals surface area contributed by atoms with E-state index in [-0.39, 0.29) is 17.7 Å². The molecule has 2 fully saturated rings. The van der Waals surface area contributed by atoms with Crippen LogP contribution < -0.4 is 4.74 Å². The number of hydrogen-bond acceptors (Lipinski definition) is 5. The SMILES string of the molecule is O=C(c1ccc(Oc2ccc(Br)cc2)nc1)N1CCCC(C(=O)N2CCOCC2)C1. The fraction of sp³-hybridized carbons (Fsp3) is 0.409. The van der Waals surface area contributed by atoms with Crippen LogP contribution in [0.15, 0.2) is 47.1 Å². The minimum Gasteiger partial charge on any atom is -0.439 e. The van der Waals surface area contributed by atoms with Crippen LogP contribution in [0.1, 0.15) is 23.2 Å². The van der Waals surface area contributed by atoms with Crippen molar-refractivity contribution in [3.8, 4) is 11.6 Å². The number of amides is 2. The molecule has 4 rings (SSSR count). The topological polar surface area (TPSA) is 72.0 Å². The van der Waals surface area contributed by atoms with Crippen LogP contribution in [0, 0.1) is 5.92 Å². The van der Waals surface area contributed by atoms with E-state index in [4.69, 9.17) is 9.47 Å². The zero-order chi connectivity index (χ0) is 20.9. The van der Waals surface area contributed by atoms with Crippen molar-refractivity contribution in [2.45, 2.75) is 12.8 Å². The number of aromatic nitrogens is 1. The van der Waals surface area contributed by atoms with E-state index in [1.807, 2.05) is 29.2 Å². The summed E-state index contributed by atoms with van der Waals surface area (Å²) >= 11 is 3.39. The zero-order valence-corrected chi connectivity index (χ0v) is 18.2. The van der Waals surface area contributed by atoms with E-state index in [0.29, 0.717) is 56.6 Å². The highest BCUT2D eigenvalue weighted by Gasteiger charge is 2.32. The lowest BCUT2D eigenvalue weighted by Gasteiger charge is -2.36. The molecule has 7 nitrogen and oxygen atoms in total. The molecule has 30 heavy (non-hydrogen) atoms. The number of halogens is 1. The fourth-order valence-corrected chi connectivity index (χ4v) is 4.04. The predicted octanol–water partition coefficient (Wildman–Crippen LogP) is 3.35. The molecule has 1 aromatic carbocycles. The molecular formula is C22H24BrN3O4. The molecule has 0 spiro atoms. The number of benzene rings is 1. The van der Waals surface area contributed by atoms with Crippen LogP contribution in [0.3, 0.4) is 0 Å². The van der Waals surface area contributed by atoms with Crippen LogP contribution in [0.4, 0.5) is 0 Å². The first-order valence-electron chi connectivity index (χ1n) is 10.2. The number of rotatable bonds is 4. The summed E-state index contributed by atoms with van der Waals surface area (Å²) in [5.74, 6) is 0.983. The van der Waals surface area contributed by atoms with Gasteiger partial charge in [-0.3, -0.25) is 9.59 Å². The molecule has 2 aliphatic heterocycles. The van der Waals surface area contributed by atoms with Gasteiger partial charge in [0.2, 0.25) is 11.8 Å². The van der Waals surface area contributed by atoms with E-state index in [2.05, 4.69) is 20.9 Å². The number of nitrogens with zero attached hydrogens (tertiary/aromatic N) is 3. The molecule has 1 atom stereocenters. The number of likely N-dealkylation sites (tertiary alicyclic amines) is 1. The number of hydrogen-bond donors (Lipinski definition) is 0. The van der Waals surface area contributed by atoms with Gasteiger partial charge in [-0.2, -0.15) is 0 Å². The summed E-state index contributed by atoms with van der Waals surface area (Å²) in [6.45, 7) is 3.54. The molecule has 0 radical (unpaired) electrons. The first-order chi connectivity index (χ1) is 14.6. The molecule has 8 heteroatoms. The van der Waals surface area contributed by atoms with Gasteiger partial charge in [-0.05, 0) is 43.2 Å². The van der Waals surface area contributed by atoms with Crippen molar-refractivity contribution < 1.29 is 19.1 Å². The van der Waals surface area contributed by atoms with Gasteiger partial charge >= 0.3 is 0 Å². The number of piperidine rings is 1. The van der Waals surface area contributed by atoms with Gasteiger partial charge in [-0.15, -0.1) is 0 Å². The van der Waals surface area contributed by atoms with Crippen LogP contribution >= 0.6 is 15.9 Å². The van der Waals surface area contributed by atoms with Gasteiger partial charge in [0.1, 0.15) is 5.75 Å². The molecule has 1 unspecified atom stereocenters. The minimum atomic E-state index is -0.145. The Balaban J connectivity index is 1.37. The van der Waals surface area contributed by atoms with Gasteiger partial charge in [-0.25, -0.2) is 4.98 Å². The first-order valence-corrected chi connectivity index (χ1v) is 10.9. The number of morpholine rings is 1. The Kier molecular flexibility index (Phi) is 6.64. The molecule has 0 bridgehead atoms.